The SMILES string of the molecule is N#Cc1c(Cl)nc(C(F)(F)F)nc1Cl. The molecule has 3 nitrogen and oxygen atoms in total. The Labute approximate surface area is 86.1 Å². The topological polar surface area (TPSA) is 49.6 Å². The van der Waals surface area contributed by atoms with Gasteiger partial charge in [-0.05, 0) is 0 Å². The molecule has 0 aliphatic carbocycles. The minimum Gasteiger partial charge on any atom is -0.211 e. The molecule has 0 unspecified atom stereocenters. The molecule has 0 saturated carbocycles. The third kappa shape index (κ3) is 2.05. The fourth-order valence-corrected chi connectivity index (χ4v) is 1.10. The maximum absolute atomic E-state index is 12.1. The summed E-state index contributed by atoms with van der Waals surface area (Å²) in [5.74, 6) is -1.47. The van der Waals surface area contributed by atoms with Gasteiger partial charge in [-0.25, -0.2) is 9.97 Å². The third-order valence-electron chi connectivity index (χ3n) is 1.19. The number of rotatable bonds is 0. The number of hydrogen-bond acceptors (Lipinski definition) is 3. The zero-order chi connectivity index (χ0) is 10.9. The van der Waals surface area contributed by atoms with Crippen molar-refractivity contribution in [1.29, 1.82) is 5.26 Å². The first-order valence-corrected chi connectivity index (χ1v) is 3.82. The van der Waals surface area contributed by atoms with Gasteiger partial charge in [0, 0.05) is 0 Å². The van der Waals surface area contributed by atoms with Gasteiger partial charge >= 0.3 is 6.18 Å². The van der Waals surface area contributed by atoms with Crippen LogP contribution >= 0.6 is 23.2 Å². The van der Waals surface area contributed by atoms with Crippen LogP contribution in [-0.2, 0) is 6.18 Å². The molecular weight excluding hydrogens is 242 g/mol. The van der Waals surface area contributed by atoms with Crippen molar-refractivity contribution in [3.63, 3.8) is 0 Å². The minimum atomic E-state index is -4.73. The van der Waals surface area contributed by atoms with E-state index in [0.29, 0.717) is 0 Å². The van der Waals surface area contributed by atoms with Crippen LogP contribution < -0.4 is 0 Å². The van der Waals surface area contributed by atoms with Gasteiger partial charge in [-0.1, -0.05) is 23.2 Å². The standard InChI is InChI=1S/C6Cl2F3N3/c7-3-2(1-12)4(8)14-5(13-3)6(9,10)11. The molecule has 1 aromatic heterocycles. The van der Waals surface area contributed by atoms with Crippen LogP contribution in [0.25, 0.3) is 0 Å². The molecule has 14 heavy (non-hydrogen) atoms. The number of alkyl halides is 3. The zero-order valence-electron chi connectivity index (χ0n) is 6.23. The molecule has 1 heterocycles. The highest BCUT2D eigenvalue weighted by atomic mass is 35.5. The smallest absolute Gasteiger partial charge is 0.211 e. The van der Waals surface area contributed by atoms with Gasteiger partial charge < -0.3 is 0 Å². The van der Waals surface area contributed by atoms with Gasteiger partial charge in [0.15, 0.2) is 10.3 Å². The summed E-state index contributed by atoms with van der Waals surface area (Å²) in [7, 11) is 0. The lowest BCUT2D eigenvalue weighted by molar-refractivity contribution is -0.144. The summed E-state index contributed by atoms with van der Waals surface area (Å²) in [5, 5.41) is 7.19. The zero-order valence-corrected chi connectivity index (χ0v) is 7.74. The van der Waals surface area contributed by atoms with E-state index in [1.165, 1.54) is 6.07 Å². The molecule has 1 aromatic rings. The molecule has 8 heteroatoms. The maximum Gasteiger partial charge on any atom is 0.451 e. The Hall–Kier alpha value is -1.06. The Balaban J connectivity index is 3.37. The Kier molecular flexibility index (Phi) is 2.83. The lowest BCUT2D eigenvalue weighted by Crippen LogP contribution is -2.12. The first-order valence-electron chi connectivity index (χ1n) is 3.06. The molecule has 0 aliphatic heterocycles. The van der Waals surface area contributed by atoms with Crippen molar-refractivity contribution < 1.29 is 13.2 Å². The highest BCUT2D eigenvalue weighted by molar-refractivity contribution is 6.35. The second kappa shape index (κ2) is 3.59. The largest absolute Gasteiger partial charge is 0.451 e. The summed E-state index contributed by atoms with van der Waals surface area (Å²) in [6.07, 6.45) is -4.73. The number of aromatic nitrogens is 2. The van der Waals surface area contributed by atoms with Crippen LogP contribution in [0.4, 0.5) is 13.2 Å². The average molecular weight is 242 g/mol. The highest BCUT2D eigenvalue weighted by Gasteiger charge is 2.36. The predicted molar refractivity (Wildman–Crippen MR) is 41.8 cm³/mol. The van der Waals surface area contributed by atoms with E-state index in [-0.39, 0.29) is 5.56 Å². The number of halogens is 5. The lowest BCUT2D eigenvalue weighted by atomic mass is 10.4. The van der Waals surface area contributed by atoms with Gasteiger partial charge in [0.25, 0.3) is 0 Å². The number of hydrogen-bond donors (Lipinski definition) is 0. The second-order valence-electron chi connectivity index (χ2n) is 2.11. The Morgan fingerprint density at radius 2 is 1.57 bits per heavy atom. The second-order valence-corrected chi connectivity index (χ2v) is 2.83. The summed E-state index contributed by atoms with van der Waals surface area (Å²) >= 11 is 10.6. The maximum atomic E-state index is 12.1. The highest BCUT2D eigenvalue weighted by Crippen LogP contribution is 2.30. The molecule has 0 bridgehead atoms. The van der Waals surface area contributed by atoms with Crippen molar-refractivity contribution in [2.45, 2.75) is 6.18 Å². The van der Waals surface area contributed by atoms with Gasteiger partial charge in [-0.3, -0.25) is 0 Å². The summed E-state index contributed by atoms with van der Waals surface area (Å²) in [6, 6.07) is 1.49. The van der Waals surface area contributed by atoms with Crippen LogP contribution in [0, 0.1) is 11.3 Å². The van der Waals surface area contributed by atoms with Crippen molar-refractivity contribution in [2.75, 3.05) is 0 Å². The van der Waals surface area contributed by atoms with Crippen molar-refractivity contribution in [3.8, 4) is 6.07 Å². The van der Waals surface area contributed by atoms with Crippen LogP contribution in [-0.4, -0.2) is 9.97 Å². The molecule has 0 saturated heterocycles. The summed E-state index contributed by atoms with van der Waals surface area (Å²) in [5.41, 5.74) is -0.374. The van der Waals surface area contributed by atoms with Gasteiger partial charge in [-0.2, -0.15) is 18.4 Å². The first kappa shape index (κ1) is 11.0. The molecule has 0 amide bonds. The molecule has 0 N–H and O–H groups in total. The fourth-order valence-electron chi connectivity index (χ4n) is 0.627. The molecule has 1 rings (SSSR count). The van der Waals surface area contributed by atoms with Crippen LogP contribution in [0.2, 0.25) is 10.3 Å². The van der Waals surface area contributed by atoms with E-state index in [1.54, 1.807) is 0 Å². The summed E-state index contributed by atoms with van der Waals surface area (Å²) < 4.78 is 36.2. The molecule has 74 valence electrons. The minimum absolute atomic E-state index is 0.374. The van der Waals surface area contributed by atoms with E-state index in [0.717, 1.165) is 0 Å². The van der Waals surface area contributed by atoms with Crippen molar-refractivity contribution in [3.05, 3.63) is 21.7 Å². The van der Waals surface area contributed by atoms with Crippen molar-refractivity contribution in [1.82, 2.24) is 9.97 Å². The van der Waals surface area contributed by atoms with Crippen LogP contribution in [0.3, 0.4) is 0 Å². The lowest BCUT2D eigenvalue weighted by Gasteiger charge is -2.05. The average Bonchev–Trinajstić information content (AvgIpc) is 2.01. The van der Waals surface area contributed by atoms with Crippen molar-refractivity contribution in [2.24, 2.45) is 0 Å². The van der Waals surface area contributed by atoms with Crippen LogP contribution in [0.15, 0.2) is 0 Å². The quantitative estimate of drug-likeness (QED) is 0.657. The Bertz CT molecular complexity index is 387. The molecular formula is C6Cl2F3N3. The Morgan fingerprint density at radius 1 is 1.14 bits per heavy atom. The van der Waals surface area contributed by atoms with E-state index >= 15 is 0 Å². The van der Waals surface area contributed by atoms with Gasteiger partial charge in [0.2, 0.25) is 5.82 Å². The molecule has 0 aliphatic rings. The molecule has 0 aromatic carbocycles. The van der Waals surface area contributed by atoms with E-state index in [9.17, 15) is 13.2 Å². The normalized spacial score (nSPS) is 11.1. The molecule has 0 spiro atoms. The summed E-state index contributed by atoms with van der Waals surface area (Å²) in [4.78, 5) is 5.80. The number of nitriles is 1. The summed E-state index contributed by atoms with van der Waals surface area (Å²) in [6.45, 7) is 0. The first-order chi connectivity index (χ1) is 6.36. The third-order valence-corrected chi connectivity index (χ3v) is 1.73. The van der Waals surface area contributed by atoms with Gasteiger partial charge in [0.1, 0.15) is 11.6 Å². The van der Waals surface area contributed by atoms with Crippen LogP contribution in [0.1, 0.15) is 11.4 Å². The Morgan fingerprint density at radius 3 is 1.86 bits per heavy atom. The van der Waals surface area contributed by atoms with Gasteiger partial charge in [-0.15, -0.1) is 0 Å². The van der Waals surface area contributed by atoms with E-state index in [4.69, 9.17) is 28.5 Å². The van der Waals surface area contributed by atoms with E-state index in [2.05, 4.69) is 9.97 Å². The molecule has 0 fully saturated rings. The molecule has 0 atom stereocenters. The van der Waals surface area contributed by atoms with E-state index in [1.807, 2.05) is 0 Å². The predicted octanol–water partition coefficient (Wildman–Crippen LogP) is 2.67. The van der Waals surface area contributed by atoms with Crippen molar-refractivity contribution >= 4 is 23.2 Å². The van der Waals surface area contributed by atoms with Gasteiger partial charge in [0.05, 0.1) is 0 Å². The number of nitrogens with zero attached hydrogens (tertiary/aromatic N) is 3. The van der Waals surface area contributed by atoms with E-state index < -0.39 is 22.3 Å². The monoisotopic (exact) mass is 241 g/mol. The fraction of sp³-hybridized carbons (Fsp3) is 0.167. The molecule has 0 radical (unpaired) electrons. The van der Waals surface area contributed by atoms with Crippen LogP contribution in [0.5, 0.6) is 0 Å².